The zero-order valence-corrected chi connectivity index (χ0v) is 15.6. The highest BCUT2D eigenvalue weighted by molar-refractivity contribution is 5.84. The molecule has 0 saturated carbocycles. The third-order valence-electron chi connectivity index (χ3n) is 3.86. The second-order valence-electron chi connectivity index (χ2n) is 6.64. The van der Waals surface area contributed by atoms with Crippen molar-refractivity contribution in [2.24, 2.45) is 5.92 Å². The van der Waals surface area contributed by atoms with Gasteiger partial charge in [0.25, 0.3) is 0 Å². The first kappa shape index (κ1) is 19.6. The van der Waals surface area contributed by atoms with Crippen LogP contribution in [0.25, 0.3) is 11.5 Å². The maximum atomic E-state index is 12.1. The molecule has 1 aromatic heterocycles. The van der Waals surface area contributed by atoms with Crippen molar-refractivity contribution in [1.82, 2.24) is 15.5 Å². The molecular weight excluding hydrogens is 334 g/mol. The smallest absolute Gasteiger partial charge is 0.328 e. The Balaban J connectivity index is 1.90. The number of rotatable bonds is 8. The molecule has 0 bridgehead atoms. The summed E-state index contributed by atoms with van der Waals surface area (Å²) in [4.78, 5) is 23.9. The molecule has 7 heteroatoms. The average molecular weight is 359 g/mol. The summed E-state index contributed by atoms with van der Waals surface area (Å²) in [5.41, 5.74) is 1.98. The van der Waals surface area contributed by atoms with Gasteiger partial charge in [-0.2, -0.15) is 0 Å². The molecule has 0 fully saturated rings. The van der Waals surface area contributed by atoms with E-state index in [0.29, 0.717) is 24.6 Å². The van der Waals surface area contributed by atoms with Crippen molar-refractivity contribution in [3.8, 4) is 11.5 Å². The first-order valence-electron chi connectivity index (χ1n) is 8.65. The van der Waals surface area contributed by atoms with Crippen molar-refractivity contribution in [3.63, 3.8) is 0 Å². The fourth-order valence-corrected chi connectivity index (χ4v) is 2.48. The minimum Gasteiger partial charge on any atom is -0.467 e. The Morgan fingerprint density at radius 1 is 1.19 bits per heavy atom. The molecule has 1 N–H and O–H groups in total. The van der Waals surface area contributed by atoms with E-state index in [4.69, 9.17) is 9.15 Å². The fourth-order valence-electron chi connectivity index (χ4n) is 2.48. The molecule has 2 aromatic rings. The quantitative estimate of drug-likeness (QED) is 0.728. The van der Waals surface area contributed by atoms with Crippen LogP contribution in [-0.2, 0) is 20.7 Å². The number of methoxy groups -OCH3 is 1. The van der Waals surface area contributed by atoms with Crippen LogP contribution in [-0.4, -0.2) is 35.2 Å². The van der Waals surface area contributed by atoms with E-state index in [1.807, 2.05) is 45.0 Å². The van der Waals surface area contributed by atoms with Crippen molar-refractivity contribution in [3.05, 3.63) is 35.7 Å². The summed E-state index contributed by atoms with van der Waals surface area (Å²) in [6.45, 7) is 5.96. The van der Waals surface area contributed by atoms with Crippen LogP contribution in [0.2, 0.25) is 0 Å². The largest absolute Gasteiger partial charge is 0.467 e. The summed E-state index contributed by atoms with van der Waals surface area (Å²) in [6, 6.07) is 7.11. The van der Waals surface area contributed by atoms with E-state index in [2.05, 4.69) is 15.5 Å². The third kappa shape index (κ3) is 5.68. The second kappa shape index (κ2) is 9.12. The number of benzene rings is 1. The van der Waals surface area contributed by atoms with Crippen LogP contribution < -0.4 is 5.32 Å². The molecule has 0 aliphatic carbocycles. The molecule has 26 heavy (non-hydrogen) atoms. The normalized spacial score (nSPS) is 12.0. The SMILES string of the molecule is COC(=O)C(CC(C)C)NC(=O)CCc1nnc(-c2ccc(C)cc2)o1. The standard InChI is InChI=1S/C19H25N3O4/c1-12(2)11-15(19(24)25-4)20-16(23)9-10-17-21-22-18(26-17)14-7-5-13(3)6-8-14/h5-8,12,15H,9-11H2,1-4H3,(H,20,23). The Kier molecular flexibility index (Phi) is 6.89. The number of hydrogen-bond donors (Lipinski definition) is 1. The number of nitrogens with one attached hydrogen (secondary N) is 1. The van der Waals surface area contributed by atoms with Gasteiger partial charge in [0.2, 0.25) is 17.7 Å². The fraction of sp³-hybridized carbons (Fsp3) is 0.474. The van der Waals surface area contributed by atoms with Crippen molar-refractivity contribution < 1.29 is 18.7 Å². The molecule has 0 saturated heterocycles. The molecule has 0 aliphatic rings. The Hall–Kier alpha value is -2.70. The van der Waals surface area contributed by atoms with Crippen LogP contribution in [0.5, 0.6) is 0 Å². The van der Waals surface area contributed by atoms with Gasteiger partial charge in [-0.25, -0.2) is 4.79 Å². The lowest BCUT2D eigenvalue weighted by Crippen LogP contribution is -2.42. The molecule has 1 atom stereocenters. The lowest BCUT2D eigenvalue weighted by Gasteiger charge is -2.18. The molecule has 1 aromatic carbocycles. The lowest BCUT2D eigenvalue weighted by atomic mass is 10.0. The predicted octanol–water partition coefficient (Wildman–Crippen LogP) is 2.68. The van der Waals surface area contributed by atoms with E-state index in [1.54, 1.807) is 0 Å². The van der Waals surface area contributed by atoms with Gasteiger partial charge in [0.1, 0.15) is 6.04 Å². The van der Waals surface area contributed by atoms with E-state index in [9.17, 15) is 9.59 Å². The Morgan fingerprint density at radius 3 is 2.50 bits per heavy atom. The number of esters is 1. The molecule has 0 radical (unpaired) electrons. The second-order valence-corrected chi connectivity index (χ2v) is 6.64. The highest BCUT2D eigenvalue weighted by Crippen LogP contribution is 2.18. The molecule has 1 heterocycles. The topological polar surface area (TPSA) is 94.3 Å². The van der Waals surface area contributed by atoms with Gasteiger partial charge in [0.15, 0.2) is 0 Å². The van der Waals surface area contributed by atoms with Gasteiger partial charge < -0.3 is 14.5 Å². The van der Waals surface area contributed by atoms with Crippen LogP contribution >= 0.6 is 0 Å². The summed E-state index contributed by atoms with van der Waals surface area (Å²) >= 11 is 0. The molecule has 2 rings (SSSR count). The van der Waals surface area contributed by atoms with Crippen molar-refractivity contribution in [2.45, 2.75) is 46.1 Å². The van der Waals surface area contributed by atoms with Gasteiger partial charge in [0, 0.05) is 18.4 Å². The molecule has 1 unspecified atom stereocenters. The zero-order valence-electron chi connectivity index (χ0n) is 15.6. The van der Waals surface area contributed by atoms with Crippen LogP contribution in [0.1, 0.15) is 38.1 Å². The number of aryl methyl sites for hydroxylation is 2. The monoisotopic (exact) mass is 359 g/mol. The predicted molar refractivity (Wildman–Crippen MR) is 96.2 cm³/mol. The number of amides is 1. The van der Waals surface area contributed by atoms with Crippen LogP contribution in [0.15, 0.2) is 28.7 Å². The zero-order chi connectivity index (χ0) is 19.1. The van der Waals surface area contributed by atoms with E-state index in [1.165, 1.54) is 7.11 Å². The summed E-state index contributed by atoms with van der Waals surface area (Å²) < 4.78 is 10.3. The van der Waals surface area contributed by atoms with Gasteiger partial charge in [-0.1, -0.05) is 31.5 Å². The molecule has 7 nitrogen and oxygen atoms in total. The number of aromatic nitrogens is 2. The number of hydrogen-bond acceptors (Lipinski definition) is 6. The number of nitrogens with zero attached hydrogens (tertiary/aromatic N) is 2. The summed E-state index contributed by atoms with van der Waals surface area (Å²) in [5.74, 6) is 0.372. The molecular formula is C19H25N3O4. The van der Waals surface area contributed by atoms with Crippen LogP contribution in [0.3, 0.4) is 0 Å². The van der Waals surface area contributed by atoms with E-state index in [-0.39, 0.29) is 18.2 Å². The Morgan fingerprint density at radius 2 is 1.88 bits per heavy atom. The molecule has 0 spiro atoms. The van der Waals surface area contributed by atoms with Gasteiger partial charge in [0.05, 0.1) is 7.11 Å². The molecule has 140 valence electrons. The Labute approximate surface area is 153 Å². The van der Waals surface area contributed by atoms with E-state index >= 15 is 0 Å². The average Bonchev–Trinajstić information content (AvgIpc) is 3.08. The first-order valence-corrected chi connectivity index (χ1v) is 8.65. The molecule has 1 amide bonds. The van der Waals surface area contributed by atoms with E-state index in [0.717, 1.165) is 11.1 Å². The third-order valence-corrected chi connectivity index (χ3v) is 3.86. The van der Waals surface area contributed by atoms with Gasteiger partial charge in [-0.15, -0.1) is 10.2 Å². The van der Waals surface area contributed by atoms with Crippen molar-refractivity contribution in [1.29, 1.82) is 0 Å². The first-order chi connectivity index (χ1) is 12.4. The highest BCUT2D eigenvalue weighted by Gasteiger charge is 2.22. The minimum absolute atomic E-state index is 0.154. The maximum absolute atomic E-state index is 12.1. The summed E-state index contributed by atoms with van der Waals surface area (Å²) in [7, 11) is 1.31. The number of carbonyl (C=O) groups excluding carboxylic acids is 2. The minimum atomic E-state index is -0.640. The van der Waals surface area contributed by atoms with Crippen molar-refractivity contribution >= 4 is 11.9 Å². The van der Waals surface area contributed by atoms with Gasteiger partial charge >= 0.3 is 5.97 Å². The van der Waals surface area contributed by atoms with Gasteiger partial charge in [-0.05, 0) is 31.4 Å². The maximum Gasteiger partial charge on any atom is 0.328 e. The Bertz CT molecular complexity index is 737. The van der Waals surface area contributed by atoms with Gasteiger partial charge in [-0.3, -0.25) is 4.79 Å². The van der Waals surface area contributed by atoms with E-state index < -0.39 is 12.0 Å². The lowest BCUT2D eigenvalue weighted by molar-refractivity contribution is -0.145. The highest BCUT2D eigenvalue weighted by atomic mass is 16.5. The number of carbonyl (C=O) groups is 2. The van der Waals surface area contributed by atoms with Crippen LogP contribution in [0, 0.1) is 12.8 Å². The summed E-state index contributed by atoms with van der Waals surface area (Å²) in [5, 5.41) is 10.7. The molecule has 0 aliphatic heterocycles. The summed E-state index contributed by atoms with van der Waals surface area (Å²) in [6.07, 6.45) is 0.984. The number of ether oxygens (including phenoxy) is 1. The van der Waals surface area contributed by atoms with Crippen molar-refractivity contribution in [2.75, 3.05) is 7.11 Å². The van der Waals surface area contributed by atoms with Crippen LogP contribution in [0.4, 0.5) is 0 Å².